The van der Waals surface area contributed by atoms with Crippen LogP contribution in [0.2, 0.25) is 0 Å². The summed E-state index contributed by atoms with van der Waals surface area (Å²) in [6.07, 6.45) is 12.6. The van der Waals surface area contributed by atoms with Gasteiger partial charge in [-0.1, -0.05) is 32.6 Å². The van der Waals surface area contributed by atoms with Crippen LogP contribution in [0.15, 0.2) is 0 Å². The van der Waals surface area contributed by atoms with E-state index in [2.05, 4.69) is 19.3 Å². The largest absolute Gasteiger partial charge is 0.390 e. The number of terminal acetylenes is 1. The zero-order chi connectivity index (χ0) is 10.2. The molecule has 0 unspecified atom stereocenters. The van der Waals surface area contributed by atoms with Crippen molar-refractivity contribution in [2.75, 3.05) is 0 Å². The summed E-state index contributed by atoms with van der Waals surface area (Å²) in [5, 5.41) is 9.87. The van der Waals surface area contributed by atoms with Crippen LogP contribution in [0.5, 0.6) is 0 Å². The van der Waals surface area contributed by atoms with Gasteiger partial charge in [0, 0.05) is 0 Å². The molecule has 0 aromatic rings. The summed E-state index contributed by atoms with van der Waals surface area (Å²) in [6.45, 7) is 3.80. The van der Waals surface area contributed by atoms with E-state index in [1.807, 2.05) is 0 Å². The molecule has 0 saturated heterocycles. The van der Waals surface area contributed by atoms with Gasteiger partial charge in [0.25, 0.3) is 0 Å². The van der Waals surface area contributed by atoms with Crippen LogP contribution in [0.4, 0.5) is 0 Å². The molecule has 1 rings (SSSR count). The first-order chi connectivity index (χ1) is 6.18. The van der Waals surface area contributed by atoms with E-state index in [1.165, 1.54) is 19.3 Å². The quantitative estimate of drug-likeness (QED) is 0.650. The van der Waals surface area contributed by atoms with Crippen molar-refractivity contribution in [1.29, 1.82) is 0 Å². The Bertz CT molecular complexity index is 143. The van der Waals surface area contributed by atoms with Gasteiger partial charge in [-0.25, -0.2) is 0 Å². The molecule has 13 heavy (non-hydrogen) atoms. The second-order valence-corrected chi connectivity index (χ2v) is 3.82. The summed E-state index contributed by atoms with van der Waals surface area (Å²) in [7, 11) is 0. The summed E-state index contributed by atoms with van der Waals surface area (Å²) in [5.41, 5.74) is -0.271. The van der Waals surface area contributed by atoms with Gasteiger partial charge in [-0.15, -0.1) is 12.3 Å². The number of hydrogen-bond acceptors (Lipinski definition) is 1. The zero-order valence-corrected chi connectivity index (χ0v) is 8.97. The number of hydrogen-bond donors (Lipinski definition) is 1. The number of rotatable bonds is 2. The second kappa shape index (κ2) is 6.97. The van der Waals surface area contributed by atoms with Crippen molar-refractivity contribution in [2.45, 2.75) is 64.4 Å². The maximum Gasteiger partial charge on any atom is 0.0647 e. The van der Waals surface area contributed by atoms with E-state index < -0.39 is 0 Å². The molecule has 76 valence electrons. The van der Waals surface area contributed by atoms with Gasteiger partial charge in [-0.2, -0.15) is 0 Å². The lowest BCUT2D eigenvalue weighted by Crippen LogP contribution is -2.30. The fourth-order valence-electron chi connectivity index (χ4n) is 1.93. The predicted octanol–water partition coefficient (Wildman–Crippen LogP) is 3.12. The summed E-state index contributed by atoms with van der Waals surface area (Å²) < 4.78 is 0. The lowest BCUT2D eigenvalue weighted by Gasteiger charge is -2.31. The van der Waals surface area contributed by atoms with E-state index >= 15 is 0 Å². The molecule has 0 aliphatic heterocycles. The molecule has 1 aliphatic rings. The van der Waals surface area contributed by atoms with Crippen LogP contribution in [0.25, 0.3) is 0 Å². The average Bonchev–Trinajstić information content (AvgIpc) is 2.06. The Kier molecular flexibility index (Phi) is 6.72. The topological polar surface area (TPSA) is 20.2 Å². The molecular weight excluding hydrogens is 160 g/mol. The van der Waals surface area contributed by atoms with E-state index in [0.29, 0.717) is 0 Å². The van der Waals surface area contributed by atoms with E-state index in [1.54, 1.807) is 6.92 Å². The van der Waals surface area contributed by atoms with Gasteiger partial charge < -0.3 is 5.11 Å². The van der Waals surface area contributed by atoms with Gasteiger partial charge in [0.1, 0.15) is 0 Å². The van der Waals surface area contributed by atoms with E-state index in [4.69, 9.17) is 0 Å². The van der Waals surface area contributed by atoms with Crippen molar-refractivity contribution in [3.63, 3.8) is 0 Å². The molecule has 0 radical (unpaired) electrons. The lowest BCUT2D eigenvalue weighted by molar-refractivity contribution is -0.00427. The highest BCUT2D eigenvalue weighted by atomic mass is 16.3. The van der Waals surface area contributed by atoms with Gasteiger partial charge in [-0.3, -0.25) is 0 Å². The summed E-state index contributed by atoms with van der Waals surface area (Å²) in [5.74, 6) is 2.25. The number of aliphatic hydroxyl groups is 1. The Hall–Kier alpha value is -0.480. The summed E-state index contributed by atoms with van der Waals surface area (Å²) in [4.78, 5) is 0. The molecule has 1 N–H and O–H groups in total. The minimum atomic E-state index is -0.271. The average molecular weight is 182 g/mol. The Morgan fingerprint density at radius 1 is 1.31 bits per heavy atom. The molecule has 1 aliphatic carbocycles. The molecule has 0 amide bonds. The van der Waals surface area contributed by atoms with Gasteiger partial charge in [0.15, 0.2) is 0 Å². The maximum absolute atomic E-state index is 9.87. The molecule has 0 heterocycles. The summed E-state index contributed by atoms with van der Waals surface area (Å²) >= 11 is 0. The van der Waals surface area contributed by atoms with Crippen molar-refractivity contribution >= 4 is 0 Å². The van der Waals surface area contributed by atoms with Gasteiger partial charge in [0.05, 0.1) is 5.60 Å². The van der Waals surface area contributed by atoms with Gasteiger partial charge in [0.2, 0.25) is 0 Å². The van der Waals surface area contributed by atoms with Crippen LogP contribution in [-0.2, 0) is 0 Å². The zero-order valence-electron chi connectivity index (χ0n) is 8.97. The van der Waals surface area contributed by atoms with Crippen LogP contribution in [0.1, 0.15) is 58.8 Å². The standard InChI is InChI=1S/C9H18O.C3H4/c1-2-6-9(10)7-4-3-5-8-9;1-3-2/h10H,2-8H2,1H3;1H,2H3. The van der Waals surface area contributed by atoms with Crippen LogP contribution in [0.3, 0.4) is 0 Å². The first-order valence-electron chi connectivity index (χ1n) is 5.28. The van der Waals surface area contributed by atoms with Crippen LogP contribution in [-0.4, -0.2) is 10.7 Å². The predicted molar refractivity (Wildman–Crippen MR) is 57.4 cm³/mol. The maximum atomic E-state index is 9.87. The fraction of sp³-hybridized carbons (Fsp3) is 0.833. The highest BCUT2D eigenvalue weighted by Gasteiger charge is 2.27. The molecule has 1 saturated carbocycles. The molecule has 0 aromatic heterocycles. The molecule has 0 spiro atoms. The Morgan fingerprint density at radius 3 is 2.15 bits per heavy atom. The second-order valence-electron chi connectivity index (χ2n) is 3.82. The van der Waals surface area contributed by atoms with Crippen molar-refractivity contribution < 1.29 is 5.11 Å². The normalized spacial score (nSPS) is 19.5. The van der Waals surface area contributed by atoms with Crippen LogP contribution < -0.4 is 0 Å². The molecule has 0 aromatic carbocycles. The Labute approximate surface area is 82.5 Å². The minimum Gasteiger partial charge on any atom is -0.390 e. The fourth-order valence-corrected chi connectivity index (χ4v) is 1.93. The van der Waals surface area contributed by atoms with E-state index in [-0.39, 0.29) is 5.60 Å². The SMILES string of the molecule is C#CC.CCCC1(O)CCCCC1. The minimum absolute atomic E-state index is 0.271. The highest BCUT2D eigenvalue weighted by molar-refractivity contribution is 4.81. The molecular formula is C12H22O. The van der Waals surface area contributed by atoms with E-state index in [0.717, 1.165) is 25.7 Å². The van der Waals surface area contributed by atoms with Crippen molar-refractivity contribution in [1.82, 2.24) is 0 Å². The monoisotopic (exact) mass is 182 g/mol. The van der Waals surface area contributed by atoms with Crippen molar-refractivity contribution in [3.8, 4) is 12.3 Å². The lowest BCUT2D eigenvalue weighted by atomic mass is 9.82. The highest BCUT2D eigenvalue weighted by Crippen LogP contribution is 2.31. The molecule has 0 atom stereocenters. The first kappa shape index (κ1) is 12.5. The first-order valence-corrected chi connectivity index (χ1v) is 5.28. The van der Waals surface area contributed by atoms with Gasteiger partial charge >= 0.3 is 0 Å². The third-order valence-corrected chi connectivity index (χ3v) is 2.50. The van der Waals surface area contributed by atoms with Crippen LogP contribution in [0, 0.1) is 12.3 Å². The molecule has 1 heteroatoms. The molecule has 1 nitrogen and oxygen atoms in total. The summed E-state index contributed by atoms with van der Waals surface area (Å²) in [6, 6.07) is 0. The van der Waals surface area contributed by atoms with Crippen molar-refractivity contribution in [3.05, 3.63) is 0 Å². The van der Waals surface area contributed by atoms with Crippen molar-refractivity contribution in [2.24, 2.45) is 0 Å². The molecule has 0 bridgehead atoms. The van der Waals surface area contributed by atoms with Crippen LogP contribution >= 0.6 is 0 Å². The smallest absolute Gasteiger partial charge is 0.0647 e. The van der Waals surface area contributed by atoms with E-state index in [9.17, 15) is 5.11 Å². The Morgan fingerprint density at radius 2 is 1.77 bits per heavy atom. The van der Waals surface area contributed by atoms with Gasteiger partial charge in [-0.05, 0) is 26.2 Å². The third-order valence-electron chi connectivity index (χ3n) is 2.50. The molecule has 1 fully saturated rings. The third kappa shape index (κ3) is 5.71. The Balaban J connectivity index is 0.000000424.